The fraction of sp³-hybridized carbons (Fsp3) is 0.385. The molecule has 6 nitrogen and oxygen atoms in total. The third-order valence-electron chi connectivity index (χ3n) is 5.35. The molecule has 36 heavy (non-hydrogen) atoms. The van der Waals surface area contributed by atoms with Crippen LogP contribution >= 0.6 is 11.3 Å². The van der Waals surface area contributed by atoms with Crippen LogP contribution in [-0.4, -0.2) is 42.0 Å². The van der Waals surface area contributed by atoms with Crippen LogP contribution in [0.5, 0.6) is 11.5 Å². The summed E-state index contributed by atoms with van der Waals surface area (Å²) in [6.45, 7) is 6.53. The van der Waals surface area contributed by atoms with Gasteiger partial charge in [0.1, 0.15) is 16.5 Å². The minimum atomic E-state index is -4.37. The molecule has 194 valence electrons. The highest BCUT2D eigenvalue weighted by Gasteiger charge is 2.30. The van der Waals surface area contributed by atoms with Gasteiger partial charge in [0.25, 0.3) is 0 Å². The van der Waals surface area contributed by atoms with Crippen LogP contribution in [0.4, 0.5) is 13.2 Å². The topological polar surface area (TPSA) is 77.9 Å². The fourth-order valence-electron chi connectivity index (χ4n) is 3.55. The molecular formula is C26H28F3NO5S. The molecule has 0 saturated carbocycles. The van der Waals surface area contributed by atoms with Crippen molar-refractivity contribution < 1.29 is 37.3 Å². The van der Waals surface area contributed by atoms with Crippen molar-refractivity contribution in [2.45, 2.75) is 45.9 Å². The number of carboxylic acid groups (broad SMARTS) is 1. The van der Waals surface area contributed by atoms with E-state index in [2.05, 4.69) is 4.98 Å². The molecule has 0 aliphatic heterocycles. The number of carbonyl (C=O) groups is 1. The Hall–Kier alpha value is -3.11. The van der Waals surface area contributed by atoms with Gasteiger partial charge in [-0.05, 0) is 44.5 Å². The summed E-state index contributed by atoms with van der Waals surface area (Å²) in [5.41, 5.74) is 1.47. The van der Waals surface area contributed by atoms with E-state index < -0.39 is 23.8 Å². The lowest BCUT2D eigenvalue weighted by atomic mass is 10.1. The maximum atomic E-state index is 12.8. The molecule has 1 N–H and O–H groups in total. The second kappa shape index (κ2) is 12.2. The molecule has 0 saturated heterocycles. The highest BCUT2D eigenvalue weighted by molar-refractivity contribution is 7.15. The molecule has 1 aromatic heterocycles. The molecule has 2 aromatic carbocycles. The first-order chi connectivity index (χ1) is 17.1. The van der Waals surface area contributed by atoms with Gasteiger partial charge in [-0.15, -0.1) is 11.3 Å². The molecule has 3 rings (SSSR count). The third-order valence-corrected chi connectivity index (χ3v) is 6.41. The number of carboxylic acids is 1. The van der Waals surface area contributed by atoms with Gasteiger partial charge in [0.2, 0.25) is 0 Å². The molecular weight excluding hydrogens is 495 g/mol. The first-order valence-electron chi connectivity index (χ1n) is 11.5. The van der Waals surface area contributed by atoms with Gasteiger partial charge >= 0.3 is 12.1 Å². The van der Waals surface area contributed by atoms with Gasteiger partial charge in [0.15, 0.2) is 6.10 Å². The standard InChI is InChI=1S/C26H28F3NO5S/c1-4-33-22-15-20(11-8-18(22)14-23(25(31)32)34-5-2)35-13-12-21-16(3)36-24(30-21)17-6-9-19(10-7-17)26(27,28)29/h6-11,15,23H,4-5,12-14H2,1-3H3,(H,31,32). The Balaban J connectivity index is 1.65. The summed E-state index contributed by atoms with van der Waals surface area (Å²) in [5.74, 6) is 0.0747. The smallest absolute Gasteiger partial charge is 0.416 e. The van der Waals surface area contributed by atoms with E-state index >= 15 is 0 Å². The Morgan fingerprint density at radius 2 is 1.81 bits per heavy atom. The van der Waals surface area contributed by atoms with E-state index in [1.54, 1.807) is 25.1 Å². The van der Waals surface area contributed by atoms with Crippen LogP contribution < -0.4 is 9.47 Å². The number of rotatable bonds is 12. The first kappa shape index (κ1) is 27.5. The quantitative estimate of drug-likeness (QED) is 0.305. The third kappa shape index (κ3) is 7.20. The summed E-state index contributed by atoms with van der Waals surface area (Å²) in [6, 6.07) is 10.2. The van der Waals surface area contributed by atoms with Crippen LogP contribution in [0.3, 0.4) is 0 Å². The van der Waals surface area contributed by atoms with Gasteiger partial charge in [-0.3, -0.25) is 0 Å². The number of aromatic nitrogens is 1. The maximum absolute atomic E-state index is 12.8. The summed E-state index contributed by atoms with van der Waals surface area (Å²) in [6.07, 6.45) is -4.65. The van der Waals surface area contributed by atoms with Gasteiger partial charge in [-0.2, -0.15) is 13.2 Å². The van der Waals surface area contributed by atoms with Crippen LogP contribution in [0.2, 0.25) is 0 Å². The Bertz CT molecular complexity index is 1160. The van der Waals surface area contributed by atoms with Gasteiger partial charge in [0.05, 0.1) is 24.5 Å². The molecule has 0 amide bonds. The maximum Gasteiger partial charge on any atom is 0.416 e. The van der Waals surface area contributed by atoms with Gasteiger partial charge in [-0.1, -0.05) is 18.2 Å². The number of ether oxygens (including phenoxy) is 3. The van der Waals surface area contributed by atoms with Crippen molar-refractivity contribution in [3.05, 3.63) is 64.2 Å². The van der Waals surface area contributed by atoms with E-state index in [-0.39, 0.29) is 6.42 Å². The number of hydrogen-bond donors (Lipinski definition) is 1. The molecule has 1 atom stereocenters. The van der Waals surface area contributed by atoms with Crippen molar-refractivity contribution in [3.8, 4) is 22.1 Å². The monoisotopic (exact) mass is 523 g/mol. The Morgan fingerprint density at radius 3 is 2.42 bits per heavy atom. The molecule has 0 spiro atoms. The minimum Gasteiger partial charge on any atom is -0.493 e. The van der Waals surface area contributed by atoms with Crippen molar-refractivity contribution in [1.29, 1.82) is 0 Å². The highest BCUT2D eigenvalue weighted by atomic mass is 32.1. The van der Waals surface area contributed by atoms with E-state index in [1.807, 2.05) is 13.8 Å². The van der Waals surface area contributed by atoms with Crippen LogP contribution in [0.25, 0.3) is 10.6 Å². The minimum absolute atomic E-state index is 0.170. The average molecular weight is 524 g/mol. The van der Waals surface area contributed by atoms with Crippen LogP contribution in [0.1, 0.15) is 35.5 Å². The number of thiazole rings is 1. The number of alkyl halides is 3. The van der Waals surface area contributed by atoms with E-state index in [0.29, 0.717) is 53.9 Å². The summed E-state index contributed by atoms with van der Waals surface area (Å²) in [7, 11) is 0. The molecule has 1 unspecified atom stereocenters. The number of aryl methyl sites for hydroxylation is 1. The summed E-state index contributed by atoms with van der Waals surface area (Å²) >= 11 is 1.42. The molecule has 0 aliphatic rings. The van der Waals surface area contributed by atoms with Crippen LogP contribution in [0.15, 0.2) is 42.5 Å². The molecule has 0 aliphatic carbocycles. The van der Waals surface area contributed by atoms with Crippen molar-refractivity contribution in [2.75, 3.05) is 19.8 Å². The Morgan fingerprint density at radius 1 is 1.08 bits per heavy atom. The van der Waals surface area contributed by atoms with Crippen molar-refractivity contribution in [2.24, 2.45) is 0 Å². The van der Waals surface area contributed by atoms with Crippen molar-refractivity contribution >= 4 is 17.3 Å². The van der Waals surface area contributed by atoms with Crippen LogP contribution in [0, 0.1) is 6.92 Å². The van der Waals surface area contributed by atoms with Crippen molar-refractivity contribution in [1.82, 2.24) is 4.98 Å². The number of aliphatic carboxylic acids is 1. The normalized spacial score (nSPS) is 12.4. The zero-order chi connectivity index (χ0) is 26.3. The zero-order valence-corrected chi connectivity index (χ0v) is 21.0. The average Bonchev–Trinajstić information content (AvgIpc) is 3.20. The fourth-order valence-corrected chi connectivity index (χ4v) is 4.52. The molecule has 3 aromatic rings. The Labute approximate surface area is 211 Å². The highest BCUT2D eigenvalue weighted by Crippen LogP contribution is 2.33. The van der Waals surface area contributed by atoms with Gasteiger partial charge in [0, 0.05) is 36.0 Å². The van der Waals surface area contributed by atoms with E-state index in [0.717, 1.165) is 22.7 Å². The molecule has 10 heteroatoms. The predicted molar refractivity (Wildman–Crippen MR) is 131 cm³/mol. The molecule has 0 radical (unpaired) electrons. The Kier molecular flexibility index (Phi) is 9.33. The molecule has 0 fully saturated rings. The second-order valence-corrected chi connectivity index (χ2v) is 9.09. The number of benzene rings is 2. The summed E-state index contributed by atoms with van der Waals surface area (Å²) in [5, 5.41) is 10.0. The second-order valence-electron chi connectivity index (χ2n) is 7.88. The number of halogens is 3. The van der Waals surface area contributed by atoms with Gasteiger partial charge < -0.3 is 19.3 Å². The van der Waals surface area contributed by atoms with Crippen LogP contribution in [-0.2, 0) is 28.5 Å². The zero-order valence-electron chi connectivity index (χ0n) is 20.2. The number of nitrogens with zero attached hydrogens (tertiary/aromatic N) is 1. The molecule has 1 heterocycles. The largest absolute Gasteiger partial charge is 0.493 e. The van der Waals surface area contributed by atoms with Gasteiger partial charge in [-0.25, -0.2) is 9.78 Å². The summed E-state index contributed by atoms with van der Waals surface area (Å²) < 4.78 is 55.3. The number of hydrogen-bond acceptors (Lipinski definition) is 6. The predicted octanol–water partition coefficient (Wildman–Crippen LogP) is 6.19. The van der Waals surface area contributed by atoms with E-state index in [9.17, 15) is 23.1 Å². The van der Waals surface area contributed by atoms with E-state index in [4.69, 9.17) is 14.2 Å². The van der Waals surface area contributed by atoms with E-state index in [1.165, 1.54) is 23.5 Å². The first-order valence-corrected chi connectivity index (χ1v) is 12.3. The molecule has 0 bridgehead atoms. The lowest BCUT2D eigenvalue weighted by Gasteiger charge is -2.16. The van der Waals surface area contributed by atoms with Crippen molar-refractivity contribution in [3.63, 3.8) is 0 Å². The summed E-state index contributed by atoms with van der Waals surface area (Å²) in [4.78, 5) is 17.0. The SMILES string of the molecule is CCOc1cc(OCCc2nc(-c3ccc(C(F)(F)F)cc3)sc2C)ccc1CC(OCC)C(=O)O. The lowest BCUT2D eigenvalue weighted by molar-refractivity contribution is -0.150. The lowest BCUT2D eigenvalue weighted by Crippen LogP contribution is -2.26.